The van der Waals surface area contributed by atoms with Crippen molar-refractivity contribution in [3.63, 3.8) is 0 Å². The molecule has 9 heteroatoms. The summed E-state index contributed by atoms with van der Waals surface area (Å²) in [6.45, 7) is 0.576. The first-order chi connectivity index (χ1) is 16.1. The number of nitrogens with zero attached hydrogens (tertiary/aromatic N) is 2. The molecule has 0 unspecified atom stereocenters. The summed E-state index contributed by atoms with van der Waals surface area (Å²) >= 11 is 1.10. The van der Waals surface area contributed by atoms with Crippen LogP contribution in [0.1, 0.15) is 30.7 Å². The van der Waals surface area contributed by atoms with Crippen molar-refractivity contribution in [1.82, 2.24) is 15.5 Å². The van der Waals surface area contributed by atoms with Gasteiger partial charge in [0.05, 0.1) is 0 Å². The van der Waals surface area contributed by atoms with Gasteiger partial charge in [0.15, 0.2) is 5.01 Å². The molecule has 0 fully saturated rings. The average Bonchev–Trinajstić information content (AvgIpc) is 3.33. The van der Waals surface area contributed by atoms with Crippen LogP contribution in [0.5, 0.6) is 5.75 Å². The Bertz CT molecular complexity index is 1230. The van der Waals surface area contributed by atoms with Gasteiger partial charge in [-0.2, -0.15) is 0 Å². The van der Waals surface area contributed by atoms with E-state index >= 15 is 0 Å². The lowest BCUT2D eigenvalue weighted by molar-refractivity contribution is 0.0950. The smallest absolute Gasteiger partial charge is 0.286 e. The number of hydrogen-bond donors (Lipinski definition) is 2. The average molecular weight is 463 g/mol. The Balaban J connectivity index is 1.27. The van der Waals surface area contributed by atoms with Gasteiger partial charge >= 0.3 is 0 Å². The molecular formula is C24H19FN4O3S. The predicted octanol–water partition coefficient (Wildman–Crippen LogP) is 4.44. The normalized spacial score (nSPS) is 10.5. The number of hydrogen-bond acceptors (Lipinski definition) is 6. The number of amides is 2. The lowest BCUT2D eigenvalue weighted by atomic mass is 10.2. The maximum absolute atomic E-state index is 13.0. The van der Waals surface area contributed by atoms with Crippen molar-refractivity contribution in [3.8, 4) is 5.75 Å². The van der Waals surface area contributed by atoms with Gasteiger partial charge in [0.25, 0.3) is 11.8 Å². The number of ether oxygens (including phenoxy) is 1. The van der Waals surface area contributed by atoms with Crippen LogP contribution in [-0.4, -0.2) is 22.0 Å². The maximum atomic E-state index is 13.0. The van der Waals surface area contributed by atoms with E-state index in [9.17, 15) is 14.0 Å². The number of nitrogens with one attached hydrogen (secondary N) is 2. The zero-order valence-corrected chi connectivity index (χ0v) is 18.1. The number of benzene rings is 3. The van der Waals surface area contributed by atoms with Crippen molar-refractivity contribution in [2.75, 3.05) is 5.32 Å². The van der Waals surface area contributed by atoms with Crippen molar-refractivity contribution < 1.29 is 18.7 Å². The monoisotopic (exact) mass is 462 g/mol. The highest BCUT2D eigenvalue weighted by molar-refractivity contribution is 7.13. The molecule has 2 amide bonds. The fourth-order valence-electron chi connectivity index (χ4n) is 2.85. The van der Waals surface area contributed by atoms with Crippen molar-refractivity contribution in [1.29, 1.82) is 0 Å². The van der Waals surface area contributed by atoms with Gasteiger partial charge in [-0.25, -0.2) is 4.39 Å². The van der Waals surface area contributed by atoms with Crippen LogP contribution in [0.25, 0.3) is 0 Å². The van der Waals surface area contributed by atoms with Crippen LogP contribution in [0, 0.1) is 5.82 Å². The molecule has 7 nitrogen and oxygen atoms in total. The van der Waals surface area contributed by atoms with Crippen molar-refractivity contribution in [3.05, 3.63) is 106 Å². The Kier molecular flexibility index (Phi) is 7.01. The van der Waals surface area contributed by atoms with Gasteiger partial charge in [0.2, 0.25) is 5.01 Å². The molecule has 0 aliphatic rings. The number of halogens is 1. The highest BCUT2D eigenvalue weighted by Gasteiger charge is 2.14. The number of carbonyl (C=O) groups is 2. The van der Waals surface area contributed by atoms with Crippen LogP contribution in [0.4, 0.5) is 10.1 Å². The largest absolute Gasteiger partial charge is 0.486 e. The predicted molar refractivity (Wildman–Crippen MR) is 123 cm³/mol. The molecule has 2 N–H and O–H groups in total. The zero-order chi connectivity index (χ0) is 23.0. The minimum absolute atomic E-state index is 0.126. The van der Waals surface area contributed by atoms with Gasteiger partial charge in [0.1, 0.15) is 18.2 Å². The lowest BCUT2D eigenvalue weighted by Crippen LogP contribution is -2.22. The summed E-state index contributed by atoms with van der Waals surface area (Å²) in [5, 5.41) is 14.0. The summed E-state index contributed by atoms with van der Waals surface area (Å²) in [6.07, 6.45) is 0. The minimum Gasteiger partial charge on any atom is -0.486 e. The quantitative estimate of drug-likeness (QED) is 0.404. The minimum atomic E-state index is -0.434. The fourth-order valence-corrected chi connectivity index (χ4v) is 3.50. The van der Waals surface area contributed by atoms with E-state index in [4.69, 9.17) is 4.74 Å². The van der Waals surface area contributed by atoms with E-state index in [0.717, 1.165) is 16.9 Å². The summed E-state index contributed by atoms with van der Waals surface area (Å²) in [5.41, 5.74) is 2.00. The van der Waals surface area contributed by atoms with Crippen molar-refractivity contribution in [2.45, 2.75) is 13.2 Å². The van der Waals surface area contributed by atoms with Crippen LogP contribution in [-0.2, 0) is 13.2 Å². The first-order valence-electron chi connectivity index (χ1n) is 10.0. The lowest BCUT2D eigenvalue weighted by Gasteiger charge is -2.07. The molecule has 0 saturated carbocycles. The molecule has 0 atom stereocenters. The molecule has 0 aliphatic carbocycles. The van der Waals surface area contributed by atoms with Crippen LogP contribution >= 0.6 is 11.3 Å². The Morgan fingerprint density at radius 1 is 0.879 bits per heavy atom. The third kappa shape index (κ3) is 6.20. The number of aromatic nitrogens is 2. The summed E-state index contributed by atoms with van der Waals surface area (Å²) in [4.78, 5) is 24.6. The highest BCUT2D eigenvalue weighted by atomic mass is 32.1. The molecule has 1 aromatic heterocycles. The fraction of sp³-hybridized carbons (Fsp3) is 0.0833. The van der Waals surface area contributed by atoms with Gasteiger partial charge in [-0.1, -0.05) is 41.7 Å². The van der Waals surface area contributed by atoms with Crippen LogP contribution in [0.3, 0.4) is 0 Å². The Morgan fingerprint density at radius 3 is 2.33 bits per heavy atom. The first kappa shape index (κ1) is 22.1. The summed E-state index contributed by atoms with van der Waals surface area (Å²) < 4.78 is 18.7. The Morgan fingerprint density at radius 2 is 1.61 bits per heavy atom. The molecule has 0 aliphatic heterocycles. The molecule has 1 heterocycles. The van der Waals surface area contributed by atoms with Crippen LogP contribution in [0.15, 0.2) is 78.9 Å². The van der Waals surface area contributed by atoms with E-state index in [1.807, 2.05) is 30.3 Å². The van der Waals surface area contributed by atoms with E-state index in [-0.39, 0.29) is 23.3 Å². The van der Waals surface area contributed by atoms with Gasteiger partial charge < -0.3 is 15.4 Å². The van der Waals surface area contributed by atoms with Gasteiger partial charge in [-0.15, -0.1) is 10.2 Å². The van der Waals surface area contributed by atoms with E-state index in [1.165, 1.54) is 24.3 Å². The van der Waals surface area contributed by atoms with Gasteiger partial charge in [-0.05, 0) is 54.1 Å². The Labute approximate surface area is 193 Å². The van der Waals surface area contributed by atoms with Crippen molar-refractivity contribution in [2.24, 2.45) is 0 Å². The third-order valence-electron chi connectivity index (χ3n) is 4.54. The maximum Gasteiger partial charge on any atom is 0.286 e. The zero-order valence-electron chi connectivity index (χ0n) is 17.3. The van der Waals surface area contributed by atoms with E-state index in [0.29, 0.717) is 28.6 Å². The third-order valence-corrected chi connectivity index (χ3v) is 5.43. The van der Waals surface area contributed by atoms with Gasteiger partial charge in [-0.3, -0.25) is 9.59 Å². The molecule has 3 aromatic carbocycles. The number of carbonyl (C=O) groups excluding carboxylic acids is 2. The molecule has 0 spiro atoms. The highest BCUT2D eigenvalue weighted by Crippen LogP contribution is 2.18. The second kappa shape index (κ2) is 10.5. The molecule has 33 heavy (non-hydrogen) atoms. The van der Waals surface area contributed by atoms with Crippen LogP contribution < -0.4 is 15.4 Å². The SMILES string of the molecule is O=C(NCc1ccccc1)c1ccc(OCc2nnc(C(=O)Nc3ccc(F)cc3)s2)cc1. The van der Waals surface area contributed by atoms with E-state index in [2.05, 4.69) is 20.8 Å². The molecule has 166 valence electrons. The van der Waals surface area contributed by atoms with Gasteiger partial charge in [0, 0.05) is 17.8 Å². The standard InChI is InChI=1S/C24H19FN4O3S/c25-18-8-10-19(11-9-18)27-23(31)24-29-28-21(33-24)15-32-20-12-6-17(7-13-20)22(30)26-14-16-4-2-1-3-5-16/h1-13H,14-15H2,(H,26,30)(H,27,31). The second-order valence-electron chi connectivity index (χ2n) is 6.94. The van der Waals surface area contributed by atoms with E-state index in [1.54, 1.807) is 24.3 Å². The summed E-state index contributed by atoms with van der Waals surface area (Å²) in [7, 11) is 0. The molecular weight excluding hydrogens is 443 g/mol. The molecule has 0 radical (unpaired) electrons. The number of anilines is 1. The van der Waals surface area contributed by atoms with E-state index < -0.39 is 5.91 Å². The molecule has 0 saturated heterocycles. The second-order valence-corrected chi connectivity index (χ2v) is 8.01. The Hall–Kier alpha value is -4.11. The number of rotatable bonds is 8. The topological polar surface area (TPSA) is 93.2 Å². The van der Waals surface area contributed by atoms with Crippen molar-refractivity contribution >= 4 is 28.8 Å². The van der Waals surface area contributed by atoms with Crippen LogP contribution in [0.2, 0.25) is 0 Å². The summed E-state index contributed by atoms with van der Waals surface area (Å²) in [5.74, 6) is -0.436. The molecule has 4 aromatic rings. The first-order valence-corrected chi connectivity index (χ1v) is 10.8. The molecule has 0 bridgehead atoms. The molecule has 4 rings (SSSR count). The summed E-state index contributed by atoms with van der Waals surface area (Å²) in [6, 6.07) is 21.9.